The van der Waals surface area contributed by atoms with Gasteiger partial charge in [-0.1, -0.05) is 46.7 Å². The number of ether oxygens (including phenoxy) is 1. The molecule has 0 aliphatic carbocycles. The molecule has 2 heterocycles. The van der Waals surface area contributed by atoms with E-state index < -0.39 is 22.2 Å². The normalized spacial score (nSPS) is 10.9. The van der Waals surface area contributed by atoms with Crippen LogP contribution in [0.1, 0.15) is 5.56 Å². The zero-order chi connectivity index (χ0) is 21.3. The van der Waals surface area contributed by atoms with Gasteiger partial charge in [0.15, 0.2) is 16.6 Å². The van der Waals surface area contributed by atoms with E-state index in [9.17, 15) is 14.0 Å². The van der Waals surface area contributed by atoms with Crippen molar-refractivity contribution in [2.75, 3.05) is 7.11 Å². The number of benzene rings is 2. The molecule has 4 aromatic rings. The van der Waals surface area contributed by atoms with Crippen molar-refractivity contribution in [1.82, 2.24) is 14.3 Å². The van der Waals surface area contributed by atoms with Crippen LogP contribution in [-0.2, 0) is 6.61 Å². The summed E-state index contributed by atoms with van der Waals surface area (Å²) in [7, 11) is 1.51. The molecular formula is C21H15ClFN3O4. The molecule has 0 bridgehead atoms. The summed E-state index contributed by atoms with van der Waals surface area (Å²) in [4.78, 5) is 35.5. The lowest BCUT2D eigenvalue weighted by Gasteiger charge is -2.14. The second-order valence-corrected chi connectivity index (χ2v) is 6.66. The number of methoxy groups -OCH3 is 1. The van der Waals surface area contributed by atoms with Crippen LogP contribution in [-0.4, -0.2) is 21.4 Å². The van der Waals surface area contributed by atoms with Gasteiger partial charge in [-0.05, 0) is 35.9 Å². The maximum atomic E-state index is 14.1. The zero-order valence-corrected chi connectivity index (χ0v) is 16.5. The Balaban J connectivity index is 1.94. The molecule has 7 nitrogen and oxygen atoms in total. The number of rotatable bonds is 5. The van der Waals surface area contributed by atoms with Crippen molar-refractivity contribution in [3.05, 3.63) is 98.0 Å². The highest BCUT2D eigenvalue weighted by Gasteiger charge is 2.19. The molecule has 0 N–H and O–H groups in total. The first kappa shape index (κ1) is 19.7. The molecule has 2 aromatic carbocycles. The molecule has 0 saturated heterocycles. The summed E-state index contributed by atoms with van der Waals surface area (Å²) in [6.45, 7) is -0.0341. The summed E-state index contributed by atoms with van der Waals surface area (Å²) in [6.07, 6.45) is 0. The van der Waals surface area contributed by atoms with Crippen molar-refractivity contribution in [3.63, 3.8) is 0 Å². The topological polar surface area (TPSA) is 75.3 Å². The van der Waals surface area contributed by atoms with Crippen LogP contribution in [0, 0.1) is 5.82 Å². The van der Waals surface area contributed by atoms with E-state index in [1.807, 2.05) is 6.07 Å². The SMILES string of the molecule is COc1ccc(-n2c(=O)n(OCc3ccccc3)c(=O)c3cc(F)c(Cl)nc32)cc1. The Morgan fingerprint density at radius 1 is 1.07 bits per heavy atom. The molecule has 0 amide bonds. The number of hydrogen-bond acceptors (Lipinski definition) is 5. The van der Waals surface area contributed by atoms with E-state index in [0.717, 1.165) is 16.2 Å². The van der Waals surface area contributed by atoms with Gasteiger partial charge < -0.3 is 9.57 Å². The fourth-order valence-electron chi connectivity index (χ4n) is 2.95. The van der Waals surface area contributed by atoms with Gasteiger partial charge in [0.2, 0.25) is 0 Å². The molecule has 0 aliphatic heterocycles. The smallest absolute Gasteiger partial charge is 0.370 e. The first-order valence-electron chi connectivity index (χ1n) is 8.85. The minimum atomic E-state index is -0.879. The first-order valence-corrected chi connectivity index (χ1v) is 9.23. The Morgan fingerprint density at radius 3 is 2.43 bits per heavy atom. The summed E-state index contributed by atoms with van der Waals surface area (Å²) < 4.78 is 20.9. The van der Waals surface area contributed by atoms with Crippen LogP contribution < -0.4 is 20.8 Å². The Morgan fingerprint density at radius 2 is 1.77 bits per heavy atom. The molecule has 2 aromatic heterocycles. The van der Waals surface area contributed by atoms with Crippen LogP contribution in [0.3, 0.4) is 0 Å². The molecule has 9 heteroatoms. The molecular weight excluding hydrogens is 413 g/mol. The van der Waals surface area contributed by atoms with Gasteiger partial charge in [-0.2, -0.15) is 0 Å². The Kier molecular flexibility index (Phi) is 5.24. The van der Waals surface area contributed by atoms with Gasteiger partial charge in [0.1, 0.15) is 12.4 Å². The predicted octanol–water partition coefficient (Wildman–Crippen LogP) is 2.98. The Bertz CT molecular complexity index is 1340. The predicted molar refractivity (Wildman–Crippen MR) is 110 cm³/mol. The maximum Gasteiger partial charge on any atom is 0.370 e. The lowest BCUT2D eigenvalue weighted by atomic mass is 10.2. The molecule has 0 atom stereocenters. The van der Waals surface area contributed by atoms with Gasteiger partial charge in [-0.25, -0.2) is 18.7 Å². The van der Waals surface area contributed by atoms with Crippen LogP contribution in [0.25, 0.3) is 16.7 Å². The molecule has 30 heavy (non-hydrogen) atoms. The van der Waals surface area contributed by atoms with Gasteiger partial charge >= 0.3 is 5.69 Å². The molecule has 0 aliphatic rings. The lowest BCUT2D eigenvalue weighted by Crippen LogP contribution is -2.43. The average molecular weight is 428 g/mol. The Labute approximate surface area is 174 Å². The average Bonchev–Trinajstić information content (AvgIpc) is 2.76. The molecule has 152 valence electrons. The quantitative estimate of drug-likeness (QED) is 0.458. The highest BCUT2D eigenvalue weighted by molar-refractivity contribution is 6.29. The number of pyridine rings is 1. The molecule has 0 saturated carbocycles. The molecule has 0 fully saturated rings. The van der Waals surface area contributed by atoms with E-state index in [2.05, 4.69) is 4.98 Å². The van der Waals surface area contributed by atoms with Crippen molar-refractivity contribution in [2.45, 2.75) is 6.61 Å². The zero-order valence-electron chi connectivity index (χ0n) is 15.7. The van der Waals surface area contributed by atoms with Gasteiger partial charge in [0.25, 0.3) is 5.56 Å². The first-order chi connectivity index (χ1) is 14.5. The summed E-state index contributed by atoms with van der Waals surface area (Å²) in [5.74, 6) is -0.308. The summed E-state index contributed by atoms with van der Waals surface area (Å²) >= 11 is 5.82. The fraction of sp³-hybridized carbons (Fsp3) is 0.0952. The number of fused-ring (bicyclic) bond motifs is 1. The van der Waals surface area contributed by atoms with Crippen molar-refractivity contribution >= 4 is 22.6 Å². The standard InChI is InChI=1S/C21H15ClFN3O4/c1-29-15-9-7-14(8-10-15)25-19-16(11-17(23)18(22)24-19)20(27)26(21(25)28)30-12-13-5-3-2-4-6-13/h2-11H,12H2,1H3. The van der Waals surface area contributed by atoms with Crippen LogP contribution >= 0.6 is 11.6 Å². The molecule has 4 rings (SSSR count). The van der Waals surface area contributed by atoms with E-state index in [1.165, 1.54) is 7.11 Å². The minimum absolute atomic E-state index is 0.0341. The van der Waals surface area contributed by atoms with Crippen molar-refractivity contribution in [2.24, 2.45) is 0 Å². The molecule has 0 unspecified atom stereocenters. The lowest BCUT2D eigenvalue weighted by molar-refractivity contribution is 0.0789. The summed E-state index contributed by atoms with van der Waals surface area (Å²) in [5, 5.41) is -0.605. The molecule has 0 radical (unpaired) electrons. The van der Waals surface area contributed by atoms with Crippen molar-refractivity contribution < 1.29 is 14.0 Å². The van der Waals surface area contributed by atoms with E-state index in [1.54, 1.807) is 48.5 Å². The number of halogens is 2. The van der Waals surface area contributed by atoms with Gasteiger partial charge in [0.05, 0.1) is 18.2 Å². The number of aromatic nitrogens is 3. The van der Waals surface area contributed by atoms with Crippen LogP contribution in [0.5, 0.6) is 5.75 Å². The van der Waals surface area contributed by atoms with Crippen molar-refractivity contribution in [1.29, 1.82) is 0 Å². The number of hydrogen-bond donors (Lipinski definition) is 0. The summed E-state index contributed by atoms with van der Waals surface area (Å²) in [5.41, 5.74) is -0.595. The van der Waals surface area contributed by atoms with Gasteiger partial charge in [-0.15, -0.1) is 0 Å². The highest BCUT2D eigenvalue weighted by atomic mass is 35.5. The van der Waals surface area contributed by atoms with Crippen LogP contribution in [0.2, 0.25) is 5.15 Å². The third-order valence-electron chi connectivity index (χ3n) is 4.44. The van der Waals surface area contributed by atoms with E-state index in [0.29, 0.717) is 16.2 Å². The highest BCUT2D eigenvalue weighted by Crippen LogP contribution is 2.20. The minimum Gasteiger partial charge on any atom is -0.497 e. The third kappa shape index (κ3) is 3.53. The summed E-state index contributed by atoms with van der Waals surface area (Å²) in [6, 6.07) is 16.4. The van der Waals surface area contributed by atoms with Gasteiger partial charge in [-0.3, -0.25) is 4.79 Å². The fourth-order valence-corrected chi connectivity index (χ4v) is 3.09. The third-order valence-corrected chi connectivity index (χ3v) is 4.70. The largest absolute Gasteiger partial charge is 0.497 e. The Hall–Kier alpha value is -3.65. The van der Waals surface area contributed by atoms with E-state index >= 15 is 0 Å². The van der Waals surface area contributed by atoms with E-state index in [-0.39, 0.29) is 17.6 Å². The van der Waals surface area contributed by atoms with Gasteiger partial charge in [0, 0.05) is 0 Å². The second-order valence-electron chi connectivity index (χ2n) is 6.31. The monoisotopic (exact) mass is 427 g/mol. The molecule has 0 spiro atoms. The van der Waals surface area contributed by atoms with Crippen LogP contribution in [0.15, 0.2) is 70.3 Å². The van der Waals surface area contributed by atoms with Crippen LogP contribution in [0.4, 0.5) is 4.39 Å². The van der Waals surface area contributed by atoms with E-state index in [4.69, 9.17) is 21.2 Å². The number of nitrogens with zero attached hydrogens (tertiary/aromatic N) is 3. The maximum absolute atomic E-state index is 14.1. The van der Waals surface area contributed by atoms with Crippen molar-refractivity contribution in [3.8, 4) is 11.4 Å². The second kappa shape index (κ2) is 8.00.